The van der Waals surface area contributed by atoms with Crippen LogP contribution in [-0.2, 0) is 11.2 Å². The average Bonchev–Trinajstić information content (AvgIpc) is 3.27. The van der Waals surface area contributed by atoms with Crippen molar-refractivity contribution in [3.05, 3.63) is 29.6 Å². The first-order valence-electron chi connectivity index (χ1n) is 11.5. The molecule has 32 heavy (non-hydrogen) atoms. The van der Waals surface area contributed by atoms with Gasteiger partial charge < -0.3 is 14.5 Å². The van der Waals surface area contributed by atoms with E-state index in [9.17, 15) is 9.59 Å². The first kappa shape index (κ1) is 22.2. The van der Waals surface area contributed by atoms with Crippen molar-refractivity contribution in [3.8, 4) is 11.7 Å². The summed E-state index contributed by atoms with van der Waals surface area (Å²) in [6.45, 7) is 7.13. The summed E-state index contributed by atoms with van der Waals surface area (Å²) in [7, 11) is 1.54. The number of rotatable bonds is 5. The van der Waals surface area contributed by atoms with Gasteiger partial charge >= 0.3 is 0 Å². The van der Waals surface area contributed by atoms with Gasteiger partial charge in [-0.3, -0.25) is 9.59 Å². The third-order valence-electron chi connectivity index (χ3n) is 6.59. The summed E-state index contributed by atoms with van der Waals surface area (Å²) in [5.41, 5.74) is 1.38. The summed E-state index contributed by atoms with van der Waals surface area (Å²) in [5, 5.41) is 12.6. The van der Waals surface area contributed by atoms with Gasteiger partial charge in [0.1, 0.15) is 0 Å². The first-order chi connectivity index (χ1) is 15.5. The molecule has 0 N–H and O–H groups in total. The van der Waals surface area contributed by atoms with Crippen LogP contribution in [0, 0.1) is 11.8 Å². The van der Waals surface area contributed by atoms with Crippen LogP contribution in [0.4, 0.5) is 0 Å². The van der Waals surface area contributed by atoms with E-state index in [0.717, 1.165) is 38.0 Å². The zero-order chi connectivity index (χ0) is 22.7. The average molecular weight is 441 g/mol. The van der Waals surface area contributed by atoms with Crippen molar-refractivity contribution >= 4 is 11.8 Å². The van der Waals surface area contributed by atoms with Crippen LogP contribution in [0.3, 0.4) is 0 Å². The second-order valence-electron chi connectivity index (χ2n) is 8.80. The maximum absolute atomic E-state index is 13.3. The summed E-state index contributed by atoms with van der Waals surface area (Å²) < 4.78 is 6.72. The number of carbonyl (C=O) groups excluding carboxylic acids is 2. The standard InChI is InChI=1S/C23H32N6O3/c1-4-19-18(14-24-29(19)20-7-8-21(32-3)26-25-20)23(31)27-12-9-17(10-13-27)22(30)28-11-5-6-16(2)15-28/h7-8,14,16-17H,4-6,9-13,15H2,1-3H3. The minimum atomic E-state index is -0.0351. The van der Waals surface area contributed by atoms with Crippen molar-refractivity contribution < 1.29 is 14.3 Å². The smallest absolute Gasteiger partial charge is 0.257 e. The Balaban J connectivity index is 1.42. The predicted molar refractivity (Wildman–Crippen MR) is 119 cm³/mol. The lowest BCUT2D eigenvalue weighted by Gasteiger charge is -2.37. The van der Waals surface area contributed by atoms with E-state index < -0.39 is 0 Å². The van der Waals surface area contributed by atoms with Crippen LogP contribution in [0.15, 0.2) is 18.3 Å². The summed E-state index contributed by atoms with van der Waals surface area (Å²) >= 11 is 0. The van der Waals surface area contributed by atoms with E-state index in [1.807, 2.05) is 16.7 Å². The molecule has 0 saturated carbocycles. The molecule has 0 bridgehead atoms. The number of carbonyl (C=O) groups is 2. The van der Waals surface area contributed by atoms with Crippen LogP contribution < -0.4 is 4.74 Å². The molecular formula is C23H32N6O3. The lowest BCUT2D eigenvalue weighted by molar-refractivity contribution is -0.138. The molecule has 2 amide bonds. The Morgan fingerprint density at radius 2 is 1.88 bits per heavy atom. The molecule has 0 spiro atoms. The number of amides is 2. The molecule has 172 valence electrons. The van der Waals surface area contributed by atoms with Gasteiger partial charge in [0.25, 0.3) is 5.91 Å². The number of ether oxygens (including phenoxy) is 1. The highest BCUT2D eigenvalue weighted by Crippen LogP contribution is 2.25. The van der Waals surface area contributed by atoms with Crippen molar-refractivity contribution in [2.24, 2.45) is 11.8 Å². The number of hydrogen-bond donors (Lipinski definition) is 0. The topological polar surface area (TPSA) is 93.5 Å². The molecule has 2 aromatic heterocycles. The molecule has 1 unspecified atom stereocenters. The zero-order valence-electron chi connectivity index (χ0n) is 19.2. The number of nitrogens with zero attached hydrogens (tertiary/aromatic N) is 6. The third kappa shape index (κ3) is 4.47. The maximum Gasteiger partial charge on any atom is 0.257 e. The van der Waals surface area contributed by atoms with Crippen LogP contribution in [-0.4, -0.2) is 74.9 Å². The second kappa shape index (κ2) is 9.67. The molecule has 2 fully saturated rings. The number of likely N-dealkylation sites (tertiary alicyclic amines) is 2. The zero-order valence-corrected chi connectivity index (χ0v) is 19.2. The lowest BCUT2D eigenvalue weighted by Crippen LogP contribution is -2.47. The quantitative estimate of drug-likeness (QED) is 0.709. The van der Waals surface area contributed by atoms with E-state index in [4.69, 9.17) is 4.74 Å². The van der Waals surface area contributed by atoms with Crippen molar-refractivity contribution in [1.82, 2.24) is 29.8 Å². The lowest BCUT2D eigenvalue weighted by atomic mass is 9.92. The molecule has 9 nitrogen and oxygen atoms in total. The normalized spacial score (nSPS) is 19.8. The van der Waals surface area contributed by atoms with Gasteiger partial charge in [0, 0.05) is 38.2 Å². The van der Waals surface area contributed by atoms with Crippen molar-refractivity contribution in [2.75, 3.05) is 33.3 Å². The fourth-order valence-corrected chi connectivity index (χ4v) is 4.77. The van der Waals surface area contributed by atoms with Gasteiger partial charge in [0.15, 0.2) is 5.82 Å². The summed E-state index contributed by atoms with van der Waals surface area (Å²) in [4.78, 5) is 30.1. The van der Waals surface area contributed by atoms with Gasteiger partial charge in [-0.25, -0.2) is 4.68 Å². The highest BCUT2D eigenvalue weighted by molar-refractivity contribution is 5.95. The van der Waals surface area contributed by atoms with Crippen LogP contribution in [0.1, 0.15) is 55.6 Å². The molecule has 1 atom stereocenters. The molecule has 2 saturated heterocycles. The molecule has 2 aliphatic heterocycles. The van der Waals surface area contributed by atoms with Crippen molar-refractivity contribution in [3.63, 3.8) is 0 Å². The first-order valence-corrected chi connectivity index (χ1v) is 11.5. The SMILES string of the molecule is CCc1c(C(=O)N2CCC(C(=O)N3CCCC(C)C3)CC2)cnn1-c1ccc(OC)nn1. The van der Waals surface area contributed by atoms with Crippen LogP contribution in [0.2, 0.25) is 0 Å². The number of methoxy groups -OCH3 is 1. The van der Waals surface area contributed by atoms with Gasteiger partial charge in [0.2, 0.25) is 11.8 Å². The molecule has 4 rings (SSSR count). The summed E-state index contributed by atoms with van der Waals surface area (Å²) in [5.74, 6) is 1.80. The monoisotopic (exact) mass is 440 g/mol. The highest BCUT2D eigenvalue weighted by atomic mass is 16.5. The van der Waals surface area contributed by atoms with Crippen LogP contribution >= 0.6 is 0 Å². The van der Waals surface area contributed by atoms with Gasteiger partial charge in [-0.2, -0.15) is 5.10 Å². The van der Waals surface area contributed by atoms with Gasteiger partial charge in [-0.15, -0.1) is 10.2 Å². The van der Waals surface area contributed by atoms with E-state index in [2.05, 4.69) is 22.2 Å². The molecule has 0 aliphatic carbocycles. The molecule has 2 aliphatic rings. The Labute approximate surface area is 188 Å². The van der Waals surface area contributed by atoms with Crippen molar-refractivity contribution in [1.29, 1.82) is 0 Å². The Morgan fingerprint density at radius 1 is 1.09 bits per heavy atom. The molecule has 0 radical (unpaired) electrons. The molecule has 2 aromatic rings. The van der Waals surface area contributed by atoms with Crippen LogP contribution in [0.25, 0.3) is 5.82 Å². The summed E-state index contributed by atoms with van der Waals surface area (Å²) in [6, 6.07) is 3.49. The van der Waals surface area contributed by atoms with E-state index in [1.165, 1.54) is 13.5 Å². The predicted octanol–water partition coefficient (Wildman–Crippen LogP) is 2.34. The maximum atomic E-state index is 13.3. The minimum Gasteiger partial charge on any atom is -0.480 e. The van der Waals surface area contributed by atoms with Crippen LogP contribution in [0.5, 0.6) is 5.88 Å². The van der Waals surface area contributed by atoms with Gasteiger partial charge in [0.05, 0.1) is 24.6 Å². The second-order valence-corrected chi connectivity index (χ2v) is 8.80. The van der Waals surface area contributed by atoms with Gasteiger partial charge in [-0.05, 0) is 44.1 Å². The van der Waals surface area contributed by atoms with E-state index in [-0.39, 0.29) is 17.7 Å². The Morgan fingerprint density at radius 3 is 2.50 bits per heavy atom. The van der Waals surface area contributed by atoms with E-state index in [1.54, 1.807) is 23.0 Å². The number of aromatic nitrogens is 4. The number of piperidine rings is 2. The Hall–Kier alpha value is -2.97. The molecule has 0 aromatic carbocycles. The summed E-state index contributed by atoms with van der Waals surface area (Å²) in [6.07, 6.45) is 5.97. The fraction of sp³-hybridized carbons (Fsp3) is 0.609. The van der Waals surface area contributed by atoms with Gasteiger partial charge in [-0.1, -0.05) is 13.8 Å². The Bertz CT molecular complexity index is 949. The largest absolute Gasteiger partial charge is 0.480 e. The van der Waals surface area contributed by atoms with E-state index in [0.29, 0.717) is 42.7 Å². The minimum absolute atomic E-state index is 0.0206. The Kier molecular flexibility index (Phi) is 6.72. The van der Waals surface area contributed by atoms with Crippen molar-refractivity contribution in [2.45, 2.75) is 46.0 Å². The highest BCUT2D eigenvalue weighted by Gasteiger charge is 2.33. The third-order valence-corrected chi connectivity index (χ3v) is 6.59. The molecule has 4 heterocycles. The molecular weight excluding hydrogens is 408 g/mol. The fourth-order valence-electron chi connectivity index (χ4n) is 4.77. The number of hydrogen-bond acceptors (Lipinski definition) is 6. The molecule has 9 heteroatoms. The van der Waals surface area contributed by atoms with E-state index >= 15 is 0 Å².